The van der Waals surface area contributed by atoms with E-state index < -0.39 is 0 Å². The van der Waals surface area contributed by atoms with Crippen LogP contribution in [0.3, 0.4) is 0 Å². The number of nitrogens with zero attached hydrogens (tertiary/aromatic N) is 3. The van der Waals surface area contributed by atoms with E-state index in [1.165, 1.54) is 35.0 Å². The van der Waals surface area contributed by atoms with Crippen LogP contribution in [-0.4, -0.2) is 31.3 Å². The number of esters is 1. The van der Waals surface area contributed by atoms with Crippen LogP contribution in [0.15, 0.2) is 74.9 Å². The summed E-state index contributed by atoms with van der Waals surface area (Å²) in [6.07, 6.45) is 14.4. The summed E-state index contributed by atoms with van der Waals surface area (Å²) in [5.74, 6) is 2.52. The Morgan fingerprint density at radius 1 is 1.00 bits per heavy atom. The van der Waals surface area contributed by atoms with Crippen LogP contribution < -0.4 is 11.4 Å². The highest BCUT2D eigenvalue weighted by molar-refractivity contribution is 9.09. The lowest BCUT2D eigenvalue weighted by molar-refractivity contribution is -0.147. The highest BCUT2D eigenvalue weighted by Gasteiger charge is 2.51. The molecule has 2 saturated carbocycles. The Morgan fingerprint density at radius 3 is 2.41 bits per heavy atom. The number of carbonyl (C=O) groups is 1. The molecule has 0 N–H and O–H groups in total. The first-order chi connectivity index (χ1) is 22.0. The first-order valence-corrected chi connectivity index (χ1v) is 18.5. The van der Waals surface area contributed by atoms with Crippen LogP contribution in [-0.2, 0) is 22.6 Å². The fourth-order valence-electron chi connectivity index (χ4n) is 9.10. The molecule has 0 radical (unpaired) electrons. The molecule has 1 aromatic carbocycles. The number of para-hydroxylation sites is 1. The number of ether oxygens (including phenoxy) is 1. The van der Waals surface area contributed by atoms with Gasteiger partial charge in [-0.2, -0.15) is 0 Å². The molecule has 46 heavy (non-hydrogen) atoms. The van der Waals surface area contributed by atoms with Crippen molar-refractivity contribution in [3.05, 3.63) is 86.2 Å². The van der Waals surface area contributed by atoms with E-state index >= 15 is 0 Å². The number of aromatic nitrogens is 3. The minimum absolute atomic E-state index is 0.108. The zero-order valence-corrected chi connectivity index (χ0v) is 29.7. The van der Waals surface area contributed by atoms with Crippen LogP contribution >= 0.6 is 15.9 Å². The molecule has 2 aromatic rings. The first-order valence-electron chi connectivity index (χ1n) is 17.4. The molecule has 2 heterocycles. The maximum absolute atomic E-state index is 13.7. The lowest BCUT2D eigenvalue weighted by atomic mass is 9.60. The minimum atomic E-state index is -0.327. The quantitative estimate of drug-likeness (QED) is 0.164. The van der Waals surface area contributed by atoms with Crippen LogP contribution in [0.2, 0.25) is 0 Å². The third-order valence-electron chi connectivity index (χ3n) is 12.0. The van der Waals surface area contributed by atoms with E-state index in [1.54, 1.807) is 21.5 Å². The van der Waals surface area contributed by atoms with E-state index in [2.05, 4.69) is 68.8 Å². The molecule has 1 aliphatic heterocycles. The van der Waals surface area contributed by atoms with Crippen LogP contribution in [0, 0.1) is 40.9 Å². The van der Waals surface area contributed by atoms with Gasteiger partial charge in [0.2, 0.25) is 0 Å². The average Bonchev–Trinajstić information content (AvgIpc) is 3.53. The molecule has 0 spiro atoms. The summed E-state index contributed by atoms with van der Waals surface area (Å²) >= 11 is 3.29. The van der Waals surface area contributed by atoms with Crippen LogP contribution in [0.1, 0.15) is 79.6 Å². The van der Waals surface area contributed by atoms with Crippen LogP contribution in [0.25, 0.3) is 5.69 Å². The number of fused-ring (bicyclic) bond motifs is 2. The topological polar surface area (TPSA) is 75.2 Å². The van der Waals surface area contributed by atoms with Gasteiger partial charge in [-0.3, -0.25) is 4.79 Å². The zero-order valence-electron chi connectivity index (χ0n) is 28.1. The Hall–Kier alpha value is -2.87. The monoisotopic (exact) mass is 691 g/mol. The molecule has 8 heteroatoms. The van der Waals surface area contributed by atoms with Crippen molar-refractivity contribution in [3.8, 4) is 5.69 Å². The number of halogens is 1. The number of hydrogen-bond donors (Lipinski definition) is 0. The standard InChI is InChI=1S/C38H50BrN3O4/c1-24(2)25(3)13-14-26(4)32-16-17-33-27(10-9-19-38(32,33)5)20-30-31-23-41-37(45)42(29-11-7-6-8-12-29)36(44)40(41)22-28(31)15-18-34(30)46-35(43)21-39/h6-8,11-14,20,24-26,30,32-34H,9-10,15-19,21-23H2,1-5H3/b14-13+,27-20+/t25-,26+,30+,32?,33?,34-,38?/m0/s1. The number of rotatable bonds is 8. The van der Waals surface area contributed by atoms with Crippen LogP contribution in [0.5, 0.6) is 0 Å². The molecule has 1 aromatic heterocycles. The Bertz CT molecular complexity index is 1660. The largest absolute Gasteiger partial charge is 0.461 e. The summed E-state index contributed by atoms with van der Waals surface area (Å²) in [7, 11) is 0. The SMILES string of the molecule is CC(C)[C@@H](C)/C=C/[C@@H](C)C1CCC2/C(=C/[C@@H]3C4=C(CC[C@@H]3OC(=O)CBr)Cn3c(=O)n(-c5ccccc5)c(=O)n3C4)CCCC21C. The molecule has 7 atom stereocenters. The smallest absolute Gasteiger partial charge is 0.352 e. The summed E-state index contributed by atoms with van der Waals surface area (Å²) in [5, 5.41) is 0.154. The van der Waals surface area contributed by atoms with Gasteiger partial charge in [0.15, 0.2) is 0 Å². The summed E-state index contributed by atoms with van der Waals surface area (Å²) in [6, 6.07) is 9.14. The predicted molar refractivity (Wildman–Crippen MR) is 186 cm³/mol. The zero-order chi connectivity index (χ0) is 32.7. The molecule has 0 amide bonds. The van der Waals surface area contributed by atoms with Gasteiger partial charge in [0.1, 0.15) is 11.4 Å². The molecule has 4 aliphatic rings. The molecular weight excluding hydrogens is 642 g/mol. The Balaban J connectivity index is 1.34. The Kier molecular flexibility index (Phi) is 9.57. The maximum Gasteiger partial charge on any atom is 0.352 e. The van der Waals surface area contributed by atoms with Crippen molar-refractivity contribution in [3.63, 3.8) is 0 Å². The van der Waals surface area contributed by atoms with Crippen molar-refractivity contribution in [1.29, 1.82) is 0 Å². The van der Waals surface area contributed by atoms with Gasteiger partial charge in [0, 0.05) is 5.92 Å². The van der Waals surface area contributed by atoms with Crippen molar-refractivity contribution >= 4 is 21.9 Å². The van der Waals surface area contributed by atoms with Gasteiger partial charge in [-0.25, -0.2) is 23.5 Å². The molecule has 248 valence electrons. The lowest BCUT2D eigenvalue weighted by Gasteiger charge is -2.45. The van der Waals surface area contributed by atoms with E-state index in [4.69, 9.17) is 4.74 Å². The van der Waals surface area contributed by atoms with Crippen molar-refractivity contribution in [1.82, 2.24) is 13.9 Å². The fraction of sp³-hybridized carbons (Fsp3) is 0.605. The number of allylic oxidation sites excluding steroid dienone is 4. The van der Waals surface area contributed by atoms with Gasteiger partial charge in [-0.05, 0) is 103 Å². The molecule has 2 fully saturated rings. The molecule has 0 bridgehead atoms. The molecule has 3 aliphatic carbocycles. The maximum atomic E-state index is 13.7. The van der Waals surface area contributed by atoms with Crippen molar-refractivity contribution in [2.75, 3.05) is 5.33 Å². The third-order valence-corrected chi connectivity index (χ3v) is 12.5. The second-order valence-corrected chi connectivity index (χ2v) is 15.5. The predicted octanol–water partition coefficient (Wildman–Crippen LogP) is 7.45. The molecule has 6 rings (SSSR count). The van der Waals surface area contributed by atoms with E-state index in [1.807, 2.05) is 18.2 Å². The highest BCUT2D eigenvalue weighted by Crippen LogP contribution is 2.60. The number of benzene rings is 1. The van der Waals surface area contributed by atoms with E-state index in [-0.39, 0.29) is 40.1 Å². The Labute approximate surface area is 281 Å². The average molecular weight is 693 g/mol. The van der Waals surface area contributed by atoms with Gasteiger partial charge >= 0.3 is 17.3 Å². The molecule has 0 saturated heterocycles. The van der Waals surface area contributed by atoms with Gasteiger partial charge < -0.3 is 4.74 Å². The second kappa shape index (κ2) is 13.3. The van der Waals surface area contributed by atoms with Gasteiger partial charge in [-0.1, -0.05) is 92.5 Å². The van der Waals surface area contributed by atoms with Crippen molar-refractivity contribution in [2.45, 2.75) is 98.8 Å². The normalized spacial score (nSPS) is 29.9. The van der Waals surface area contributed by atoms with Gasteiger partial charge in [-0.15, -0.1) is 0 Å². The lowest BCUT2D eigenvalue weighted by Crippen LogP contribution is -2.41. The molecule has 3 unspecified atom stereocenters. The van der Waals surface area contributed by atoms with E-state index in [9.17, 15) is 14.4 Å². The first kappa shape index (κ1) is 33.0. The summed E-state index contributed by atoms with van der Waals surface area (Å²) < 4.78 is 10.6. The van der Waals surface area contributed by atoms with E-state index in [0.29, 0.717) is 54.8 Å². The van der Waals surface area contributed by atoms with Crippen molar-refractivity contribution < 1.29 is 9.53 Å². The third kappa shape index (κ3) is 5.99. The summed E-state index contributed by atoms with van der Waals surface area (Å²) in [4.78, 5) is 39.8. The van der Waals surface area contributed by atoms with Gasteiger partial charge in [0.25, 0.3) is 0 Å². The number of alkyl halides is 1. The summed E-state index contributed by atoms with van der Waals surface area (Å²) in [6.45, 7) is 12.6. The summed E-state index contributed by atoms with van der Waals surface area (Å²) in [5.41, 5.74) is 4.01. The second-order valence-electron chi connectivity index (χ2n) is 14.9. The molecule has 7 nitrogen and oxygen atoms in total. The highest BCUT2D eigenvalue weighted by atomic mass is 79.9. The van der Waals surface area contributed by atoms with Crippen molar-refractivity contribution in [2.24, 2.45) is 40.9 Å². The Morgan fingerprint density at radius 2 is 1.72 bits per heavy atom. The fourth-order valence-corrected chi connectivity index (χ4v) is 9.23. The minimum Gasteiger partial charge on any atom is -0.461 e. The molecular formula is C38H50BrN3O4. The van der Waals surface area contributed by atoms with E-state index in [0.717, 1.165) is 24.8 Å². The number of hydrogen-bond acceptors (Lipinski definition) is 4. The van der Waals surface area contributed by atoms with Gasteiger partial charge in [0.05, 0.1) is 18.8 Å². The number of carbonyl (C=O) groups excluding carboxylic acids is 1. The van der Waals surface area contributed by atoms with Crippen LogP contribution in [0.4, 0.5) is 0 Å².